The van der Waals surface area contributed by atoms with Gasteiger partial charge in [0.15, 0.2) is 0 Å². The van der Waals surface area contributed by atoms with Gasteiger partial charge >= 0.3 is 0 Å². The number of piperidine rings is 1. The van der Waals surface area contributed by atoms with E-state index in [0.717, 1.165) is 19.5 Å². The minimum Gasteiger partial charge on any atom is -0.341 e. The SMILES string of the molecule is CC1(C)CN(CC2=NS(=O)(=O)c3ccccc3N2)CCC1N. The van der Waals surface area contributed by atoms with Crippen molar-refractivity contribution in [1.82, 2.24) is 4.90 Å². The Labute approximate surface area is 131 Å². The third-order valence-electron chi connectivity index (χ3n) is 4.44. The van der Waals surface area contributed by atoms with Crippen LogP contribution in [-0.4, -0.2) is 44.8 Å². The van der Waals surface area contributed by atoms with Gasteiger partial charge in [-0.05, 0) is 24.0 Å². The van der Waals surface area contributed by atoms with E-state index in [9.17, 15) is 8.42 Å². The van der Waals surface area contributed by atoms with Crippen molar-refractivity contribution in [3.8, 4) is 0 Å². The van der Waals surface area contributed by atoms with Crippen LogP contribution in [0.2, 0.25) is 0 Å². The number of hydrogen-bond acceptors (Lipinski definition) is 5. The van der Waals surface area contributed by atoms with Crippen LogP contribution >= 0.6 is 0 Å². The lowest BCUT2D eigenvalue weighted by Crippen LogP contribution is -2.53. The van der Waals surface area contributed by atoms with E-state index in [1.165, 1.54) is 0 Å². The van der Waals surface area contributed by atoms with Gasteiger partial charge in [-0.2, -0.15) is 8.42 Å². The number of rotatable bonds is 2. The van der Waals surface area contributed by atoms with Crippen LogP contribution in [0.3, 0.4) is 0 Å². The number of anilines is 1. The van der Waals surface area contributed by atoms with Crippen LogP contribution in [0.15, 0.2) is 33.6 Å². The predicted octanol–water partition coefficient (Wildman–Crippen LogP) is 1.26. The lowest BCUT2D eigenvalue weighted by molar-refractivity contribution is 0.108. The number of amidine groups is 1. The number of nitrogens with one attached hydrogen (secondary N) is 1. The van der Waals surface area contributed by atoms with Crippen LogP contribution in [0, 0.1) is 5.41 Å². The maximum absolute atomic E-state index is 12.2. The molecule has 2 aliphatic rings. The quantitative estimate of drug-likeness (QED) is 0.856. The van der Waals surface area contributed by atoms with Gasteiger partial charge in [0.25, 0.3) is 10.0 Å². The molecule has 0 spiro atoms. The topological polar surface area (TPSA) is 87.8 Å². The first-order chi connectivity index (χ1) is 10.3. The molecule has 2 heterocycles. The second kappa shape index (κ2) is 5.33. The van der Waals surface area contributed by atoms with Crippen molar-refractivity contribution in [3.63, 3.8) is 0 Å². The summed E-state index contributed by atoms with van der Waals surface area (Å²) >= 11 is 0. The minimum atomic E-state index is -3.61. The average molecular weight is 322 g/mol. The van der Waals surface area contributed by atoms with Gasteiger partial charge in [-0.25, -0.2) is 0 Å². The summed E-state index contributed by atoms with van der Waals surface area (Å²) in [6.07, 6.45) is 0.906. The summed E-state index contributed by atoms with van der Waals surface area (Å²) in [4.78, 5) is 2.44. The van der Waals surface area contributed by atoms with E-state index in [1.54, 1.807) is 18.2 Å². The predicted molar refractivity (Wildman–Crippen MR) is 87.5 cm³/mol. The van der Waals surface area contributed by atoms with Crippen molar-refractivity contribution in [3.05, 3.63) is 24.3 Å². The summed E-state index contributed by atoms with van der Waals surface area (Å²) in [6, 6.07) is 7.02. The summed E-state index contributed by atoms with van der Waals surface area (Å²) in [5, 5.41) is 3.14. The normalized spacial score (nSPS) is 26.7. The van der Waals surface area contributed by atoms with E-state index in [-0.39, 0.29) is 16.4 Å². The van der Waals surface area contributed by atoms with Gasteiger partial charge in [-0.1, -0.05) is 26.0 Å². The number of nitrogens with two attached hydrogens (primary N) is 1. The molecule has 22 heavy (non-hydrogen) atoms. The second-order valence-corrected chi connectivity index (χ2v) is 8.30. The molecular weight excluding hydrogens is 300 g/mol. The van der Waals surface area contributed by atoms with E-state index in [4.69, 9.17) is 5.73 Å². The summed E-state index contributed by atoms with van der Waals surface area (Å²) < 4.78 is 28.4. The molecular formula is C15H22N4O2S. The van der Waals surface area contributed by atoms with E-state index in [1.807, 2.05) is 6.07 Å². The molecule has 2 aliphatic heterocycles. The molecule has 1 aromatic rings. The third-order valence-corrected chi connectivity index (χ3v) is 5.81. The number of nitrogens with zero attached hydrogens (tertiary/aromatic N) is 2. The van der Waals surface area contributed by atoms with Crippen molar-refractivity contribution in [1.29, 1.82) is 0 Å². The Morgan fingerprint density at radius 3 is 2.86 bits per heavy atom. The van der Waals surface area contributed by atoms with Gasteiger partial charge in [0.2, 0.25) is 0 Å². The van der Waals surface area contributed by atoms with Gasteiger partial charge in [0.1, 0.15) is 10.7 Å². The van der Waals surface area contributed by atoms with Crippen LogP contribution in [0.25, 0.3) is 0 Å². The Balaban J connectivity index is 1.79. The molecule has 0 aromatic heterocycles. The number of likely N-dealkylation sites (tertiary alicyclic amines) is 1. The van der Waals surface area contributed by atoms with Gasteiger partial charge in [-0.15, -0.1) is 4.40 Å². The van der Waals surface area contributed by atoms with Crippen molar-refractivity contribution in [2.75, 3.05) is 25.0 Å². The summed E-state index contributed by atoms with van der Waals surface area (Å²) in [7, 11) is -3.61. The first kappa shape index (κ1) is 15.5. The lowest BCUT2D eigenvalue weighted by Gasteiger charge is -2.42. The molecule has 3 N–H and O–H groups in total. The average Bonchev–Trinajstić information content (AvgIpc) is 2.42. The van der Waals surface area contributed by atoms with Crippen LogP contribution < -0.4 is 11.1 Å². The van der Waals surface area contributed by atoms with Crippen molar-refractivity contribution in [2.24, 2.45) is 15.5 Å². The molecule has 1 fully saturated rings. The molecule has 1 atom stereocenters. The summed E-state index contributed by atoms with van der Waals surface area (Å²) in [5.41, 5.74) is 6.76. The van der Waals surface area contributed by atoms with Crippen molar-refractivity contribution in [2.45, 2.75) is 31.2 Å². The second-order valence-electron chi connectivity index (χ2n) is 6.73. The van der Waals surface area contributed by atoms with Crippen LogP contribution in [0.5, 0.6) is 0 Å². The molecule has 6 nitrogen and oxygen atoms in total. The highest BCUT2D eigenvalue weighted by Gasteiger charge is 2.34. The molecule has 1 aromatic carbocycles. The summed E-state index contributed by atoms with van der Waals surface area (Å²) in [6.45, 7) is 6.46. The van der Waals surface area contributed by atoms with E-state index in [2.05, 4.69) is 28.5 Å². The largest absolute Gasteiger partial charge is 0.341 e. The Bertz CT molecular complexity index is 712. The molecule has 1 unspecified atom stereocenters. The lowest BCUT2D eigenvalue weighted by atomic mass is 9.80. The molecule has 0 amide bonds. The minimum absolute atomic E-state index is 0.0181. The standard InChI is InChI=1S/C15H22N4O2S/c1-15(2)10-19(8-7-13(15)16)9-14-17-11-5-3-4-6-12(11)22(20,21)18-14/h3-6,13H,7-10,16H2,1-2H3,(H,17,18). The molecule has 0 radical (unpaired) electrons. The molecule has 0 aliphatic carbocycles. The van der Waals surface area contributed by atoms with E-state index < -0.39 is 10.0 Å². The monoisotopic (exact) mass is 322 g/mol. The fourth-order valence-electron chi connectivity index (χ4n) is 3.07. The van der Waals surface area contributed by atoms with Crippen LogP contribution in [0.4, 0.5) is 5.69 Å². The number of fused-ring (bicyclic) bond motifs is 1. The Kier molecular flexibility index (Phi) is 3.74. The van der Waals surface area contributed by atoms with Gasteiger partial charge in [0, 0.05) is 19.1 Å². The van der Waals surface area contributed by atoms with Crippen molar-refractivity contribution >= 4 is 21.5 Å². The van der Waals surface area contributed by atoms with Crippen molar-refractivity contribution < 1.29 is 8.42 Å². The molecule has 0 saturated carbocycles. The smallest absolute Gasteiger partial charge is 0.286 e. The third kappa shape index (κ3) is 2.88. The van der Waals surface area contributed by atoms with Gasteiger partial charge in [0.05, 0.1) is 12.2 Å². The first-order valence-electron chi connectivity index (χ1n) is 7.46. The molecule has 0 bridgehead atoms. The van der Waals surface area contributed by atoms with Crippen LogP contribution in [0.1, 0.15) is 20.3 Å². The molecule has 7 heteroatoms. The Hall–Kier alpha value is -1.44. The first-order valence-corrected chi connectivity index (χ1v) is 8.90. The van der Waals surface area contributed by atoms with Crippen LogP contribution in [-0.2, 0) is 10.0 Å². The number of para-hydroxylation sites is 1. The Morgan fingerprint density at radius 1 is 1.41 bits per heavy atom. The zero-order valence-corrected chi connectivity index (χ0v) is 13.7. The molecule has 1 saturated heterocycles. The maximum Gasteiger partial charge on any atom is 0.286 e. The van der Waals surface area contributed by atoms with E-state index in [0.29, 0.717) is 18.1 Å². The van der Waals surface area contributed by atoms with E-state index >= 15 is 0 Å². The highest BCUT2D eigenvalue weighted by molar-refractivity contribution is 7.90. The zero-order valence-electron chi connectivity index (χ0n) is 12.9. The fraction of sp³-hybridized carbons (Fsp3) is 0.533. The summed E-state index contributed by atoms with van der Waals surface area (Å²) in [5.74, 6) is 0.477. The highest BCUT2D eigenvalue weighted by Crippen LogP contribution is 2.29. The van der Waals surface area contributed by atoms with Gasteiger partial charge < -0.3 is 11.1 Å². The number of benzene rings is 1. The number of sulfonamides is 1. The van der Waals surface area contributed by atoms with Gasteiger partial charge in [-0.3, -0.25) is 4.90 Å². The Morgan fingerprint density at radius 2 is 2.14 bits per heavy atom. The molecule has 3 rings (SSSR count). The number of hydrogen-bond donors (Lipinski definition) is 2. The zero-order chi connectivity index (χ0) is 16.0. The highest BCUT2D eigenvalue weighted by atomic mass is 32.2. The fourth-order valence-corrected chi connectivity index (χ4v) is 4.21. The maximum atomic E-state index is 12.2. The molecule has 120 valence electrons.